The van der Waals surface area contributed by atoms with Gasteiger partial charge in [0.15, 0.2) is 0 Å². The van der Waals surface area contributed by atoms with Gasteiger partial charge in [-0.1, -0.05) is 38.0 Å². The molecule has 0 bridgehead atoms. The van der Waals surface area contributed by atoms with Gasteiger partial charge in [0, 0.05) is 24.7 Å². The standard InChI is InChI=1S/C18H26N2O/c1-2-19-16-11-12-20(17-10-6-5-9-15(16)17)18(21)13-14-7-3-4-8-14/h5-6,9-10,14,16,19H,2-4,7-8,11-13H2,1H3. The Hall–Kier alpha value is -1.35. The van der Waals surface area contributed by atoms with E-state index in [9.17, 15) is 4.79 Å². The summed E-state index contributed by atoms with van der Waals surface area (Å²) >= 11 is 0. The molecule has 3 rings (SSSR count). The topological polar surface area (TPSA) is 32.3 Å². The number of carbonyl (C=O) groups is 1. The zero-order chi connectivity index (χ0) is 14.7. The molecular formula is C18H26N2O. The lowest BCUT2D eigenvalue weighted by molar-refractivity contribution is -0.119. The van der Waals surface area contributed by atoms with Gasteiger partial charge in [0.25, 0.3) is 0 Å². The highest BCUT2D eigenvalue weighted by molar-refractivity contribution is 5.94. The number of benzene rings is 1. The van der Waals surface area contributed by atoms with E-state index >= 15 is 0 Å². The van der Waals surface area contributed by atoms with Gasteiger partial charge in [0.05, 0.1) is 0 Å². The first-order valence-corrected chi connectivity index (χ1v) is 8.42. The van der Waals surface area contributed by atoms with Crippen LogP contribution in [-0.4, -0.2) is 19.0 Å². The average molecular weight is 286 g/mol. The monoisotopic (exact) mass is 286 g/mol. The molecule has 0 spiro atoms. The van der Waals surface area contributed by atoms with Crippen molar-refractivity contribution in [1.82, 2.24) is 5.32 Å². The van der Waals surface area contributed by atoms with E-state index < -0.39 is 0 Å². The molecule has 1 amide bonds. The van der Waals surface area contributed by atoms with Gasteiger partial charge in [-0.05, 0) is 43.4 Å². The maximum Gasteiger partial charge on any atom is 0.227 e. The Morgan fingerprint density at radius 1 is 1.24 bits per heavy atom. The van der Waals surface area contributed by atoms with Crippen molar-refractivity contribution in [1.29, 1.82) is 0 Å². The van der Waals surface area contributed by atoms with E-state index in [0.717, 1.165) is 31.6 Å². The van der Waals surface area contributed by atoms with Crippen LogP contribution in [0.25, 0.3) is 0 Å². The number of nitrogens with one attached hydrogen (secondary N) is 1. The number of amides is 1. The molecule has 1 N–H and O–H groups in total. The SMILES string of the molecule is CCNC1CCN(C(=O)CC2CCCC2)c2ccccc21. The molecule has 2 aliphatic rings. The highest BCUT2D eigenvalue weighted by atomic mass is 16.2. The first kappa shape index (κ1) is 14.6. The number of rotatable bonds is 4. The first-order valence-electron chi connectivity index (χ1n) is 8.42. The Bertz CT molecular complexity index is 494. The molecule has 1 aromatic rings. The van der Waals surface area contributed by atoms with Gasteiger partial charge >= 0.3 is 0 Å². The molecule has 1 aliphatic carbocycles. The Morgan fingerprint density at radius 3 is 2.76 bits per heavy atom. The summed E-state index contributed by atoms with van der Waals surface area (Å²) in [7, 11) is 0. The first-order chi connectivity index (χ1) is 10.3. The fourth-order valence-corrected chi connectivity index (χ4v) is 3.85. The van der Waals surface area contributed by atoms with E-state index in [2.05, 4.69) is 30.4 Å². The minimum atomic E-state index is 0.323. The smallest absolute Gasteiger partial charge is 0.227 e. The van der Waals surface area contributed by atoms with Crippen molar-refractivity contribution in [2.75, 3.05) is 18.0 Å². The van der Waals surface area contributed by atoms with Crippen molar-refractivity contribution in [3.05, 3.63) is 29.8 Å². The Kier molecular flexibility index (Phi) is 4.59. The van der Waals surface area contributed by atoms with Crippen LogP contribution in [0.2, 0.25) is 0 Å². The molecule has 114 valence electrons. The molecule has 1 aliphatic heterocycles. The summed E-state index contributed by atoms with van der Waals surface area (Å²) in [6.07, 6.45) is 6.83. The fraction of sp³-hybridized carbons (Fsp3) is 0.611. The number of para-hydroxylation sites is 1. The summed E-state index contributed by atoms with van der Waals surface area (Å²) in [6, 6.07) is 8.78. The number of nitrogens with zero attached hydrogens (tertiary/aromatic N) is 1. The molecule has 1 aromatic carbocycles. The average Bonchev–Trinajstić information content (AvgIpc) is 3.00. The van der Waals surface area contributed by atoms with Crippen LogP contribution >= 0.6 is 0 Å². The van der Waals surface area contributed by atoms with Crippen LogP contribution in [0.5, 0.6) is 0 Å². The van der Waals surface area contributed by atoms with Crippen LogP contribution in [0.1, 0.15) is 57.1 Å². The van der Waals surface area contributed by atoms with Gasteiger partial charge in [0.2, 0.25) is 5.91 Å². The van der Waals surface area contributed by atoms with E-state index in [1.54, 1.807) is 0 Å². The van der Waals surface area contributed by atoms with Crippen molar-refractivity contribution < 1.29 is 4.79 Å². The molecule has 21 heavy (non-hydrogen) atoms. The summed E-state index contributed by atoms with van der Waals surface area (Å²) in [5.74, 6) is 0.945. The van der Waals surface area contributed by atoms with Crippen molar-refractivity contribution in [2.24, 2.45) is 5.92 Å². The van der Waals surface area contributed by atoms with Gasteiger partial charge in [-0.2, -0.15) is 0 Å². The van der Waals surface area contributed by atoms with Crippen LogP contribution in [-0.2, 0) is 4.79 Å². The second kappa shape index (κ2) is 6.61. The van der Waals surface area contributed by atoms with Crippen molar-refractivity contribution >= 4 is 11.6 Å². The lowest BCUT2D eigenvalue weighted by Gasteiger charge is -2.35. The van der Waals surface area contributed by atoms with Crippen LogP contribution in [0.3, 0.4) is 0 Å². The molecule has 0 aromatic heterocycles. The van der Waals surface area contributed by atoms with E-state index in [-0.39, 0.29) is 0 Å². The second-order valence-electron chi connectivity index (χ2n) is 6.36. The minimum absolute atomic E-state index is 0.323. The van der Waals surface area contributed by atoms with Crippen LogP contribution in [0.4, 0.5) is 5.69 Å². The number of carbonyl (C=O) groups excluding carboxylic acids is 1. The normalized spacial score (nSPS) is 22.3. The highest BCUT2D eigenvalue weighted by Crippen LogP contribution is 2.35. The van der Waals surface area contributed by atoms with Gasteiger partial charge in [-0.25, -0.2) is 0 Å². The van der Waals surface area contributed by atoms with Crippen molar-refractivity contribution in [2.45, 2.75) is 51.5 Å². The van der Waals surface area contributed by atoms with Crippen LogP contribution in [0.15, 0.2) is 24.3 Å². The van der Waals surface area contributed by atoms with Crippen molar-refractivity contribution in [3.8, 4) is 0 Å². The maximum atomic E-state index is 12.7. The largest absolute Gasteiger partial charge is 0.312 e. The summed E-state index contributed by atoms with van der Waals surface area (Å²) in [5.41, 5.74) is 2.41. The van der Waals surface area contributed by atoms with Crippen LogP contribution in [0, 0.1) is 5.92 Å². The summed E-state index contributed by atoms with van der Waals surface area (Å²) in [4.78, 5) is 14.7. The van der Waals surface area contributed by atoms with Gasteiger partial charge < -0.3 is 10.2 Å². The maximum absolute atomic E-state index is 12.7. The second-order valence-corrected chi connectivity index (χ2v) is 6.36. The number of hydrogen-bond acceptors (Lipinski definition) is 2. The lowest BCUT2D eigenvalue weighted by Crippen LogP contribution is -2.40. The predicted molar refractivity (Wildman–Crippen MR) is 86.4 cm³/mol. The predicted octanol–water partition coefficient (Wildman–Crippen LogP) is 3.65. The molecule has 1 unspecified atom stereocenters. The molecule has 1 heterocycles. The third kappa shape index (κ3) is 3.13. The van der Waals surface area contributed by atoms with Gasteiger partial charge in [-0.3, -0.25) is 4.79 Å². The Morgan fingerprint density at radius 2 is 2.00 bits per heavy atom. The zero-order valence-corrected chi connectivity index (χ0v) is 13.0. The molecule has 1 atom stereocenters. The van der Waals surface area contributed by atoms with Crippen LogP contribution < -0.4 is 10.2 Å². The van der Waals surface area contributed by atoms with E-state index in [1.165, 1.54) is 31.2 Å². The molecular weight excluding hydrogens is 260 g/mol. The number of fused-ring (bicyclic) bond motifs is 1. The van der Waals surface area contributed by atoms with Gasteiger partial charge in [0.1, 0.15) is 0 Å². The van der Waals surface area contributed by atoms with Crippen molar-refractivity contribution in [3.63, 3.8) is 0 Å². The number of anilines is 1. The number of hydrogen-bond donors (Lipinski definition) is 1. The highest BCUT2D eigenvalue weighted by Gasteiger charge is 2.29. The van der Waals surface area contributed by atoms with E-state index in [4.69, 9.17) is 0 Å². The lowest BCUT2D eigenvalue weighted by atomic mass is 9.95. The summed E-state index contributed by atoms with van der Waals surface area (Å²) in [6.45, 7) is 3.95. The molecule has 1 saturated carbocycles. The Balaban J connectivity index is 1.76. The molecule has 3 nitrogen and oxygen atoms in total. The third-order valence-electron chi connectivity index (χ3n) is 4.93. The van der Waals surface area contributed by atoms with E-state index in [0.29, 0.717) is 17.9 Å². The molecule has 0 radical (unpaired) electrons. The molecule has 0 saturated heterocycles. The fourth-order valence-electron chi connectivity index (χ4n) is 3.85. The molecule has 1 fully saturated rings. The third-order valence-corrected chi connectivity index (χ3v) is 4.93. The quantitative estimate of drug-likeness (QED) is 0.916. The van der Waals surface area contributed by atoms with Gasteiger partial charge in [-0.15, -0.1) is 0 Å². The van der Waals surface area contributed by atoms with E-state index in [1.807, 2.05) is 11.0 Å². The molecule has 3 heteroatoms. The summed E-state index contributed by atoms with van der Waals surface area (Å²) < 4.78 is 0. The summed E-state index contributed by atoms with van der Waals surface area (Å²) in [5, 5.41) is 3.54. The minimum Gasteiger partial charge on any atom is -0.312 e. The zero-order valence-electron chi connectivity index (χ0n) is 13.0. The Labute approximate surface area is 127 Å².